The molecular formula is C19H15Cl2N3O. The summed E-state index contributed by atoms with van der Waals surface area (Å²) in [5.74, 6) is 0. The van der Waals surface area contributed by atoms with Gasteiger partial charge in [0.05, 0.1) is 10.7 Å². The summed E-state index contributed by atoms with van der Waals surface area (Å²) in [5.41, 5.74) is 3.88. The third-order valence-electron chi connectivity index (χ3n) is 3.87. The number of nitroso groups, excluding NO2 is 1. The fourth-order valence-electron chi connectivity index (χ4n) is 2.55. The minimum atomic E-state index is -0.853. The maximum absolute atomic E-state index is 11.4. The summed E-state index contributed by atoms with van der Waals surface area (Å²) in [4.78, 5) is 15.6. The van der Waals surface area contributed by atoms with E-state index in [1.54, 1.807) is 30.5 Å². The number of nitrogens with zero attached hydrogens (tertiary/aromatic N) is 2. The van der Waals surface area contributed by atoms with E-state index in [9.17, 15) is 4.91 Å². The van der Waals surface area contributed by atoms with E-state index in [1.165, 1.54) is 0 Å². The Hall–Kier alpha value is -2.43. The number of anilines is 2. The van der Waals surface area contributed by atoms with E-state index in [-0.39, 0.29) is 0 Å². The molecule has 0 bridgehead atoms. The molecule has 2 aromatic carbocycles. The third kappa shape index (κ3) is 3.81. The fraction of sp³-hybridized carbons (Fsp3) is 0.105. The second-order valence-electron chi connectivity index (χ2n) is 5.55. The molecule has 0 aliphatic carbocycles. The molecule has 126 valence electrons. The number of nitrogens with one attached hydrogen (secondary N) is 1. The predicted molar refractivity (Wildman–Crippen MR) is 103 cm³/mol. The summed E-state index contributed by atoms with van der Waals surface area (Å²) in [7, 11) is 0. The first-order valence-corrected chi connectivity index (χ1v) is 8.40. The zero-order valence-electron chi connectivity index (χ0n) is 13.4. The van der Waals surface area contributed by atoms with Crippen molar-refractivity contribution in [3.05, 3.63) is 92.6 Å². The number of benzene rings is 2. The Morgan fingerprint density at radius 2 is 1.84 bits per heavy atom. The highest BCUT2D eigenvalue weighted by atomic mass is 35.5. The van der Waals surface area contributed by atoms with E-state index >= 15 is 0 Å². The first-order valence-electron chi connectivity index (χ1n) is 7.65. The zero-order valence-corrected chi connectivity index (χ0v) is 14.9. The number of aromatic nitrogens is 1. The molecule has 0 radical (unpaired) electrons. The summed E-state index contributed by atoms with van der Waals surface area (Å²) in [5, 5.41) is 7.29. The van der Waals surface area contributed by atoms with Gasteiger partial charge < -0.3 is 5.32 Å². The number of halogens is 2. The molecule has 1 heterocycles. The van der Waals surface area contributed by atoms with Crippen molar-refractivity contribution in [3.63, 3.8) is 0 Å². The van der Waals surface area contributed by atoms with Crippen LogP contribution in [0.3, 0.4) is 0 Å². The van der Waals surface area contributed by atoms with E-state index in [0.717, 1.165) is 16.9 Å². The first kappa shape index (κ1) is 17.4. The van der Waals surface area contributed by atoms with Gasteiger partial charge in [-0.15, -0.1) is 4.91 Å². The van der Waals surface area contributed by atoms with E-state index in [0.29, 0.717) is 21.3 Å². The van der Waals surface area contributed by atoms with Crippen LogP contribution in [0.15, 0.2) is 66.0 Å². The van der Waals surface area contributed by atoms with E-state index in [2.05, 4.69) is 15.5 Å². The predicted octanol–water partition coefficient (Wildman–Crippen LogP) is 6.30. The minimum absolute atomic E-state index is 0.380. The summed E-state index contributed by atoms with van der Waals surface area (Å²) >= 11 is 12.5. The van der Waals surface area contributed by atoms with E-state index in [4.69, 9.17) is 23.2 Å². The molecule has 0 saturated carbocycles. The summed E-state index contributed by atoms with van der Waals surface area (Å²) in [6.07, 6.45) is 1.57. The summed E-state index contributed by atoms with van der Waals surface area (Å²) < 4.78 is 0. The van der Waals surface area contributed by atoms with Crippen LogP contribution in [0.5, 0.6) is 0 Å². The van der Waals surface area contributed by atoms with Crippen LogP contribution in [-0.4, -0.2) is 4.98 Å². The molecule has 6 heteroatoms. The number of rotatable bonds is 5. The van der Waals surface area contributed by atoms with Gasteiger partial charge in [-0.3, -0.25) is 4.98 Å². The normalized spacial score (nSPS) is 11.8. The zero-order chi connectivity index (χ0) is 17.8. The van der Waals surface area contributed by atoms with Crippen LogP contribution in [0.4, 0.5) is 11.4 Å². The Balaban J connectivity index is 1.93. The summed E-state index contributed by atoms with van der Waals surface area (Å²) in [6, 6.07) is 15.8. The van der Waals surface area contributed by atoms with Gasteiger partial charge >= 0.3 is 0 Å². The van der Waals surface area contributed by atoms with Crippen molar-refractivity contribution < 1.29 is 0 Å². The van der Waals surface area contributed by atoms with Gasteiger partial charge in [0, 0.05) is 28.2 Å². The second-order valence-corrected chi connectivity index (χ2v) is 6.37. The largest absolute Gasteiger partial charge is 0.355 e. The number of hydrogen-bond donors (Lipinski definition) is 1. The Morgan fingerprint density at radius 1 is 1.04 bits per heavy atom. The highest BCUT2D eigenvalue weighted by Gasteiger charge is 2.22. The monoisotopic (exact) mass is 371 g/mol. The Labute approximate surface area is 155 Å². The maximum atomic E-state index is 11.4. The van der Waals surface area contributed by atoms with Crippen LogP contribution >= 0.6 is 23.2 Å². The van der Waals surface area contributed by atoms with Crippen LogP contribution in [-0.2, 0) is 0 Å². The van der Waals surface area contributed by atoms with Gasteiger partial charge in [-0.1, -0.05) is 52.6 Å². The number of para-hydroxylation sites is 1. The van der Waals surface area contributed by atoms with E-state index in [1.807, 2.05) is 37.3 Å². The van der Waals surface area contributed by atoms with Gasteiger partial charge in [0.25, 0.3) is 0 Å². The summed E-state index contributed by atoms with van der Waals surface area (Å²) in [6.45, 7) is 2.02. The topological polar surface area (TPSA) is 54.4 Å². The SMILES string of the molecule is Cc1ccccc1Nc1ccc(C(N=O)c2ncccc2Cl)c(Cl)c1. The van der Waals surface area contributed by atoms with Crippen LogP contribution in [0.2, 0.25) is 10.0 Å². The Morgan fingerprint density at radius 3 is 2.52 bits per heavy atom. The van der Waals surface area contributed by atoms with Crippen LogP contribution in [0.25, 0.3) is 0 Å². The molecule has 1 aromatic heterocycles. The molecule has 1 unspecified atom stereocenters. The molecule has 0 aliphatic rings. The van der Waals surface area contributed by atoms with Gasteiger partial charge in [-0.05, 0) is 42.8 Å². The van der Waals surface area contributed by atoms with Crippen molar-refractivity contribution in [1.29, 1.82) is 0 Å². The smallest absolute Gasteiger partial charge is 0.162 e. The van der Waals surface area contributed by atoms with Crippen molar-refractivity contribution >= 4 is 34.6 Å². The highest BCUT2D eigenvalue weighted by Crippen LogP contribution is 2.35. The van der Waals surface area contributed by atoms with Crippen molar-refractivity contribution in [3.8, 4) is 0 Å². The van der Waals surface area contributed by atoms with Gasteiger partial charge in [0.2, 0.25) is 0 Å². The average Bonchev–Trinajstić information content (AvgIpc) is 2.61. The second kappa shape index (κ2) is 7.64. The van der Waals surface area contributed by atoms with Gasteiger partial charge in [0.15, 0.2) is 6.04 Å². The quantitative estimate of drug-likeness (QED) is 0.535. The molecule has 0 aliphatic heterocycles. The van der Waals surface area contributed by atoms with E-state index < -0.39 is 6.04 Å². The van der Waals surface area contributed by atoms with Crippen molar-refractivity contribution in [2.24, 2.45) is 5.18 Å². The lowest BCUT2D eigenvalue weighted by Crippen LogP contribution is -2.02. The third-order valence-corrected chi connectivity index (χ3v) is 4.52. The lowest BCUT2D eigenvalue weighted by Gasteiger charge is -2.15. The van der Waals surface area contributed by atoms with Crippen molar-refractivity contribution in [1.82, 2.24) is 4.98 Å². The molecule has 25 heavy (non-hydrogen) atoms. The molecule has 3 rings (SSSR count). The lowest BCUT2D eigenvalue weighted by molar-refractivity contribution is 0.823. The standard InChI is InChI=1S/C19H15Cl2N3O/c1-12-5-2-3-7-17(12)23-13-8-9-14(16(21)11-13)18(24-25)19-15(20)6-4-10-22-19/h2-11,18,23H,1H3. The van der Waals surface area contributed by atoms with Crippen LogP contribution < -0.4 is 5.32 Å². The molecular weight excluding hydrogens is 357 g/mol. The average molecular weight is 372 g/mol. The molecule has 0 fully saturated rings. The molecule has 4 nitrogen and oxygen atoms in total. The Kier molecular flexibility index (Phi) is 5.31. The van der Waals surface area contributed by atoms with Crippen molar-refractivity contribution in [2.75, 3.05) is 5.32 Å². The fourth-order valence-corrected chi connectivity index (χ4v) is 3.06. The van der Waals surface area contributed by atoms with Crippen molar-refractivity contribution in [2.45, 2.75) is 13.0 Å². The lowest BCUT2D eigenvalue weighted by atomic mass is 10.0. The van der Waals surface area contributed by atoms with Gasteiger partial charge in [0.1, 0.15) is 0 Å². The van der Waals surface area contributed by atoms with Gasteiger partial charge in [-0.2, -0.15) is 0 Å². The molecule has 3 aromatic rings. The molecule has 0 amide bonds. The molecule has 1 N–H and O–H groups in total. The van der Waals surface area contributed by atoms with Gasteiger partial charge in [-0.25, -0.2) is 0 Å². The van der Waals surface area contributed by atoms with Crippen LogP contribution in [0, 0.1) is 11.8 Å². The maximum Gasteiger partial charge on any atom is 0.162 e. The number of aryl methyl sites for hydroxylation is 1. The number of pyridine rings is 1. The van der Waals surface area contributed by atoms with Crippen LogP contribution in [0.1, 0.15) is 22.9 Å². The number of hydrogen-bond acceptors (Lipinski definition) is 4. The minimum Gasteiger partial charge on any atom is -0.355 e. The first-order chi connectivity index (χ1) is 12.1. The highest BCUT2D eigenvalue weighted by molar-refractivity contribution is 6.32. The Bertz CT molecular complexity index is 915. The molecule has 1 atom stereocenters. The molecule has 0 saturated heterocycles. The molecule has 0 spiro atoms.